The second-order valence-corrected chi connectivity index (χ2v) is 4.76. The summed E-state index contributed by atoms with van der Waals surface area (Å²) in [5.74, 6) is -0.794. The van der Waals surface area contributed by atoms with E-state index in [0.717, 1.165) is 11.3 Å². The Bertz CT molecular complexity index is 552. The lowest BCUT2D eigenvalue weighted by Gasteiger charge is -2.20. The molecule has 5 nitrogen and oxygen atoms in total. The first-order valence-electron chi connectivity index (χ1n) is 5.93. The van der Waals surface area contributed by atoms with Gasteiger partial charge < -0.3 is 14.2 Å². The van der Waals surface area contributed by atoms with Crippen molar-refractivity contribution in [1.29, 1.82) is 0 Å². The predicted molar refractivity (Wildman–Crippen MR) is 64.4 cm³/mol. The minimum absolute atomic E-state index is 0.274. The maximum absolute atomic E-state index is 11.4. The number of imidazole rings is 1. The zero-order valence-corrected chi connectivity index (χ0v) is 9.87. The third kappa shape index (κ3) is 1.76. The zero-order valence-electron chi connectivity index (χ0n) is 9.87. The van der Waals surface area contributed by atoms with E-state index in [9.17, 15) is 9.90 Å². The van der Waals surface area contributed by atoms with Crippen molar-refractivity contribution in [3.63, 3.8) is 0 Å². The highest BCUT2D eigenvalue weighted by atomic mass is 16.5. The fourth-order valence-electron chi connectivity index (χ4n) is 2.41. The van der Waals surface area contributed by atoms with Crippen molar-refractivity contribution < 1.29 is 14.6 Å². The lowest BCUT2D eigenvalue weighted by molar-refractivity contribution is -0.148. The van der Waals surface area contributed by atoms with E-state index in [1.54, 1.807) is 0 Å². The lowest BCUT2D eigenvalue weighted by Crippen LogP contribution is -2.33. The molecule has 0 aliphatic carbocycles. The maximum atomic E-state index is 11.4. The first-order valence-corrected chi connectivity index (χ1v) is 5.93. The first kappa shape index (κ1) is 11.2. The quantitative estimate of drug-likeness (QED) is 0.888. The third-order valence-corrected chi connectivity index (χ3v) is 3.49. The topological polar surface area (TPSA) is 63.8 Å². The van der Waals surface area contributed by atoms with Crippen molar-refractivity contribution in [2.45, 2.75) is 12.8 Å². The standard InChI is InChI=1S/C13H14N2O3/c16-12(17)13(4-6-18-9-13)7-10-8-15-5-2-1-3-11(15)14-10/h1-3,5,8H,4,6-7,9H2,(H,16,17). The number of ether oxygens (including phenoxy) is 1. The fourth-order valence-corrected chi connectivity index (χ4v) is 2.41. The Labute approximate surface area is 104 Å². The van der Waals surface area contributed by atoms with E-state index in [4.69, 9.17) is 4.74 Å². The van der Waals surface area contributed by atoms with E-state index < -0.39 is 11.4 Å². The van der Waals surface area contributed by atoms with Crippen molar-refractivity contribution in [3.05, 3.63) is 36.3 Å². The van der Waals surface area contributed by atoms with Gasteiger partial charge in [0.2, 0.25) is 0 Å². The van der Waals surface area contributed by atoms with Gasteiger partial charge in [-0.3, -0.25) is 4.79 Å². The molecule has 1 unspecified atom stereocenters. The molecule has 1 aliphatic rings. The van der Waals surface area contributed by atoms with Crippen LogP contribution in [0.15, 0.2) is 30.6 Å². The van der Waals surface area contributed by atoms with Crippen LogP contribution in [0.4, 0.5) is 0 Å². The fraction of sp³-hybridized carbons (Fsp3) is 0.385. The van der Waals surface area contributed by atoms with E-state index >= 15 is 0 Å². The van der Waals surface area contributed by atoms with Crippen LogP contribution in [-0.2, 0) is 16.0 Å². The van der Waals surface area contributed by atoms with Gasteiger partial charge in [0.15, 0.2) is 0 Å². The van der Waals surface area contributed by atoms with Crippen LogP contribution in [0.5, 0.6) is 0 Å². The molecular weight excluding hydrogens is 232 g/mol. The van der Waals surface area contributed by atoms with Crippen molar-refractivity contribution in [2.24, 2.45) is 5.41 Å². The van der Waals surface area contributed by atoms with Gasteiger partial charge in [0.25, 0.3) is 0 Å². The molecule has 0 spiro atoms. The summed E-state index contributed by atoms with van der Waals surface area (Å²) in [4.78, 5) is 15.9. The van der Waals surface area contributed by atoms with E-state index in [-0.39, 0.29) is 6.61 Å². The van der Waals surface area contributed by atoms with E-state index in [1.165, 1.54) is 0 Å². The number of nitrogens with zero attached hydrogens (tertiary/aromatic N) is 2. The average Bonchev–Trinajstić information content (AvgIpc) is 2.95. The Morgan fingerprint density at radius 2 is 2.44 bits per heavy atom. The Kier molecular flexibility index (Phi) is 2.56. The molecule has 1 N–H and O–H groups in total. The van der Waals surface area contributed by atoms with Crippen LogP contribution in [-0.4, -0.2) is 33.7 Å². The number of carbonyl (C=O) groups is 1. The van der Waals surface area contributed by atoms with Crippen molar-refractivity contribution in [1.82, 2.24) is 9.38 Å². The highest BCUT2D eigenvalue weighted by Gasteiger charge is 2.43. The van der Waals surface area contributed by atoms with Gasteiger partial charge in [-0.05, 0) is 18.6 Å². The zero-order chi connectivity index (χ0) is 12.6. The SMILES string of the molecule is O=C(O)C1(Cc2cn3ccccc3n2)CCOC1. The molecule has 2 aromatic heterocycles. The minimum atomic E-state index is -0.808. The minimum Gasteiger partial charge on any atom is -0.481 e. The molecule has 3 heterocycles. The van der Waals surface area contributed by atoms with Crippen LogP contribution < -0.4 is 0 Å². The Morgan fingerprint density at radius 3 is 3.11 bits per heavy atom. The monoisotopic (exact) mass is 246 g/mol. The van der Waals surface area contributed by atoms with Gasteiger partial charge >= 0.3 is 5.97 Å². The van der Waals surface area contributed by atoms with Gasteiger partial charge in [-0.25, -0.2) is 4.98 Å². The van der Waals surface area contributed by atoms with Gasteiger partial charge in [0.05, 0.1) is 17.7 Å². The molecule has 0 aromatic carbocycles. The van der Waals surface area contributed by atoms with Crippen LogP contribution >= 0.6 is 0 Å². The van der Waals surface area contributed by atoms with Gasteiger partial charge in [0.1, 0.15) is 5.65 Å². The highest BCUT2D eigenvalue weighted by Crippen LogP contribution is 2.32. The molecule has 18 heavy (non-hydrogen) atoms. The van der Waals surface area contributed by atoms with Gasteiger partial charge in [0, 0.05) is 25.4 Å². The van der Waals surface area contributed by atoms with Crippen LogP contribution in [0.3, 0.4) is 0 Å². The number of aliphatic carboxylic acids is 1. The highest BCUT2D eigenvalue weighted by molar-refractivity contribution is 5.75. The first-order chi connectivity index (χ1) is 8.70. The lowest BCUT2D eigenvalue weighted by atomic mass is 9.83. The number of pyridine rings is 1. The van der Waals surface area contributed by atoms with Crippen molar-refractivity contribution >= 4 is 11.6 Å². The molecule has 3 rings (SSSR count). The summed E-state index contributed by atoms with van der Waals surface area (Å²) in [5, 5.41) is 9.39. The Hall–Kier alpha value is -1.88. The molecule has 94 valence electrons. The number of carboxylic acid groups (broad SMARTS) is 1. The smallest absolute Gasteiger partial charge is 0.312 e. The Morgan fingerprint density at radius 1 is 1.56 bits per heavy atom. The molecule has 1 aliphatic heterocycles. The largest absolute Gasteiger partial charge is 0.481 e. The van der Waals surface area contributed by atoms with Crippen LogP contribution in [0.1, 0.15) is 12.1 Å². The normalized spacial score (nSPS) is 23.6. The number of aromatic nitrogens is 2. The molecule has 0 bridgehead atoms. The third-order valence-electron chi connectivity index (χ3n) is 3.49. The summed E-state index contributed by atoms with van der Waals surface area (Å²) in [6.07, 6.45) is 4.77. The molecule has 0 radical (unpaired) electrons. The summed E-state index contributed by atoms with van der Waals surface area (Å²) in [7, 11) is 0. The summed E-state index contributed by atoms with van der Waals surface area (Å²) >= 11 is 0. The summed E-state index contributed by atoms with van der Waals surface area (Å²) in [6, 6.07) is 5.74. The molecule has 1 saturated heterocycles. The molecule has 1 fully saturated rings. The molecule has 0 saturated carbocycles. The van der Waals surface area contributed by atoms with E-state index in [0.29, 0.717) is 19.4 Å². The number of hydrogen-bond acceptors (Lipinski definition) is 3. The summed E-state index contributed by atoms with van der Waals surface area (Å²) in [6.45, 7) is 0.788. The molecule has 0 amide bonds. The second-order valence-electron chi connectivity index (χ2n) is 4.76. The number of rotatable bonds is 3. The van der Waals surface area contributed by atoms with Crippen molar-refractivity contribution in [2.75, 3.05) is 13.2 Å². The molecule has 5 heteroatoms. The van der Waals surface area contributed by atoms with Crippen LogP contribution in [0.2, 0.25) is 0 Å². The van der Waals surface area contributed by atoms with Gasteiger partial charge in [-0.15, -0.1) is 0 Å². The Balaban J connectivity index is 1.93. The van der Waals surface area contributed by atoms with E-state index in [1.807, 2.05) is 35.0 Å². The molecule has 1 atom stereocenters. The maximum Gasteiger partial charge on any atom is 0.312 e. The van der Waals surface area contributed by atoms with Gasteiger partial charge in [-0.2, -0.15) is 0 Å². The summed E-state index contributed by atoms with van der Waals surface area (Å²) in [5.41, 5.74) is 0.832. The number of hydrogen-bond donors (Lipinski definition) is 1. The van der Waals surface area contributed by atoms with Crippen molar-refractivity contribution in [3.8, 4) is 0 Å². The number of fused-ring (bicyclic) bond motifs is 1. The predicted octanol–water partition coefficient (Wildman–Crippen LogP) is 1.37. The molecule has 2 aromatic rings. The van der Waals surface area contributed by atoms with Gasteiger partial charge in [-0.1, -0.05) is 6.07 Å². The van der Waals surface area contributed by atoms with E-state index in [2.05, 4.69) is 4.98 Å². The van der Waals surface area contributed by atoms with Crippen LogP contribution in [0.25, 0.3) is 5.65 Å². The number of carboxylic acids is 1. The summed E-state index contributed by atoms with van der Waals surface area (Å²) < 4.78 is 7.16. The average molecular weight is 246 g/mol. The molecular formula is C13H14N2O3. The second kappa shape index (κ2) is 4.10. The van der Waals surface area contributed by atoms with Crippen LogP contribution in [0, 0.1) is 5.41 Å².